The molecule has 0 spiro atoms. The summed E-state index contributed by atoms with van der Waals surface area (Å²) < 4.78 is 1.60. The minimum Gasteiger partial charge on any atom is -0.476 e. The van der Waals surface area contributed by atoms with Gasteiger partial charge < -0.3 is 10.4 Å². The molecular weight excluding hydrogens is 478 g/mol. The Morgan fingerprint density at radius 1 is 1.19 bits per heavy atom. The summed E-state index contributed by atoms with van der Waals surface area (Å²) in [5.41, 5.74) is 3.39. The van der Waals surface area contributed by atoms with Crippen molar-refractivity contribution < 1.29 is 9.90 Å². The summed E-state index contributed by atoms with van der Waals surface area (Å²) >= 11 is 5.92. The molecule has 6 rings (SSSR count). The standard InChI is InChI=1S/C27H28ClN5O3/c1-15-12-18(17(3)30-19-4-5-20(28)31-21(19)25(35)36)23-32-22(16(2)24(34)33(23)13-15)27-9-6-26(14-29,7-10-27)8-11-27/h4-5,12-13,17,30H,6-11H2,1-3H3,(H,35,36)/t17-,26?,27?/m1/s1. The number of hydrogen-bond acceptors (Lipinski definition) is 6. The van der Waals surface area contributed by atoms with Gasteiger partial charge in [-0.1, -0.05) is 11.6 Å². The quantitative estimate of drug-likeness (QED) is 0.448. The molecule has 3 aromatic heterocycles. The number of nitriles is 1. The smallest absolute Gasteiger partial charge is 0.356 e. The molecule has 3 aromatic rings. The molecule has 3 aliphatic carbocycles. The van der Waals surface area contributed by atoms with E-state index in [0.29, 0.717) is 16.9 Å². The molecule has 3 saturated carbocycles. The van der Waals surface area contributed by atoms with Crippen molar-refractivity contribution in [3.8, 4) is 6.07 Å². The number of aryl methyl sites for hydroxylation is 1. The van der Waals surface area contributed by atoms with E-state index in [1.165, 1.54) is 6.07 Å². The van der Waals surface area contributed by atoms with Crippen LogP contribution in [-0.2, 0) is 5.41 Å². The second-order valence-electron chi connectivity index (χ2n) is 10.4. The highest BCUT2D eigenvalue weighted by atomic mass is 35.5. The van der Waals surface area contributed by atoms with Crippen molar-refractivity contribution in [1.29, 1.82) is 5.26 Å². The lowest BCUT2D eigenvalue weighted by atomic mass is 9.53. The van der Waals surface area contributed by atoms with Crippen LogP contribution in [0, 0.1) is 30.6 Å². The van der Waals surface area contributed by atoms with Gasteiger partial charge >= 0.3 is 5.97 Å². The summed E-state index contributed by atoms with van der Waals surface area (Å²) in [5.74, 6) is -1.18. The molecule has 9 heteroatoms. The molecule has 8 nitrogen and oxygen atoms in total. The van der Waals surface area contributed by atoms with Gasteiger partial charge in [-0.05, 0) is 83.1 Å². The van der Waals surface area contributed by atoms with Crippen LogP contribution >= 0.6 is 11.6 Å². The van der Waals surface area contributed by atoms with Crippen molar-refractivity contribution in [2.24, 2.45) is 5.41 Å². The van der Waals surface area contributed by atoms with Gasteiger partial charge in [0.05, 0.1) is 28.9 Å². The Balaban J connectivity index is 1.62. The predicted octanol–water partition coefficient (Wildman–Crippen LogP) is 5.35. The molecule has 3 fully saturated rings. The Morgan fingerprint density at radius 2 is 1.86 bits per heavy atom. The zero-order valence-electron chi connectivity index (χ0n) is 20.6. The van der Waals surface area contributed by atoms with Crippen molar-refractivity contribution in [2.75, 3.05) is 5.32 Å². The molecule has 0 amide bonds. The number of aromatic nitrogens is 3. The third-order valence-electron chi connectivity index (χ3n) is 8.20. The van der Waals surface area contributed by atoms with Crippen molar-refractivity contribution in [1.82, 2.24) is 14.4 Å². The highest BCUT2D eigenvalue weighted by molar-refractivity contribution is 6.29. The minimum absolute atomic E-state index is 0.0939. The number of carboxylic acid groups (broad SMARTS) is 1. The first-order valence-electron chi connectivity index (χ1n) is 12.2. The normalized spacial score (nSPS) is 23.9. The molecule has 0 unspecified atom stereocenters. The zero-order chi connectivity index (χ0) is 25.8. The maximum atomic E-state index is 13.6. The van der Waals surface area contributed by atoms with Crippen LogP contribution in [0.2, 0.25) is 5.15 Å². The lowest BCUT2D eigenvalue weighted by molar-refractivity contribution is 0.0691. The fraction of sp³-hybridized carbons (Fsp3) is 0.444. The zero-order valence-corrected chi connectivity index (χ0v) is 21.3. The first-order chi connectivity index (χ1) is 17.1. The van der Waals surface area contributed by atoms with Gasteiger partial charge in [0.15, 0.2) is 5.69 Å². The van der Waals surface area contributed by atoms with E-state index in [-0.39, 0.29) is 33.3 Å². The molecule has 2 bridgehead atoms. The number of hydrogen-bond donors (Lipinski definition) is 2. The summed E-state index contributed by atoms with van der Waals surface area (Å²) in [4.78, 5) is 34.4. The van der Waals surface area contributed by atoms with Crippen LogP contribution in [0.5, 0.6) is 0 Å². The van der Waals surface area contributed by atoms with Crippen molar-refractivity contribution >= 4 is 28.9 Å². The van der Waals surface area contributed by atoms with E-state index < -0.39 is 5.97 Å². The second-order valence-corrected chi connectivity index (χ2v) is 10.8. The number of carbonyl (C=O) groups is 1. The van der Waals surface area contributed by atoms with Crippen molar-refractivity contribution in [3.63, 3.8) is 0 Å². The number of nitrogens with zero attached hydrogens (tertiary/aromatic N) is 4. The number of rotatable bonds is 5. The molecule has 3 aliphatic rings. The molecule has 1 atom stereocenters. The molecule has 0 aliphatic heterocycles. The Kier molecular flexibility index (Phi) is 5.79. The van der Waals surface area contributed by atoms with Gasteiger partial charge in [-0.15, -0.1) is 0 Å². The second kappa shape index (κ2) is 8.59. The number of aromatic carboxylic acids is 1. The van der Waals surface area contributed by atoms with Crippen LogP contribution in [-0.4, -0.2) is 25.4 Å². The van der Waals surface area contributed by atoms with Crippen LogP contribution < -0.4 is 10.9 Å². The summed E-state index contributed by atoms with van der Waals surface area (Å²) in [6, 6.07) is 7.28. The van der Waals surface area contributed by atoms with Gasteiger partial charge in [0.1, 0.15) is 10.8 Å². The molecule has 3 heterocycles. The average molecular weight is 506 g/mol. The van der Waals surface area contributed by atoms with E-state index in [9.17, 15) is 20.0 Å². The Labute approximate surface area is 214 Å². The van der Waals surface area contributed by atoms with Crippen molar-refractivity contribution in [3.05, 3.63) is 68.0 Å². The van der Waals surface area contributed by atoms with E-state index in [1.807, 2.05) is 26.8 Å². The Bertz CT molecular complexity index is 1480. The van der Waals surface area contributed by atoms with Gasteiger partial charge in [-0.25, -0.2) is 14.8 Å². The van der Waals surface area contributed by atoms with Crippen LogP contribution in [0.1, 0.15) is 84.4 Å². The van der Waals surface area contributed by atoms with Gasteiger partial charge in [0.25, 0.3) is 5.56 Å². The molecule has 2 N–H and O–H groups in total. The SMILES string of the molecule is Cc1cc([C@@H](C)Nc2ccc(Cl)nc2C(=O)O)c2nc(C34CCC(C#N)(CC3)CC4)c(C)c(=O)n2c1. The molecule has 186 valence electrons. The summed E-state index contributed by atoms with van der Waals surface area (Å²) in [6.45, 7) is 5.68. The van der Waals surface area contributed by atoms with Gasteiger partial charge in [0, 0.05) is 22.7 Å². The number of anilines is 1. The summed E-state index contributed by atoms with van der Waals surface area (Å²) in [5, 5.41) is 22.6. The molecule has 0 aromatic carbocycles. The maximum absolute atomic E-state index is 13.6. The lowest BCUT2D eigenvalue weighted by Crippen LogP contribution is -2.45. The third kappa shape index (κ3) is 3.82. The van der Waals surface area contributed by atoms with Gasteiger partial charge in [0.2, 0.25) is 0 Å². The Morgan fingerprint density at radius 3 is 2.47 bits per heavy atom. The Hall–Kier alpha value is -3.44. The first-order valence-corrected chi connectivity index (χ1v) is 12.6. The fourth-order valence-electron chi connectivity index (χ4n) is 6.07. The summed E-state index contributed by atoms with van der Waals surface area (Å²) in [6.07, 6.45) is 6.88. The fourth-order valence-corrected chi connectivity index (χ4v) is 6.21. The monoisotopic (exact) mass is 505 g/mol. The molecule has 36 heavy (non-hydrogen) atoms. The third-order valence-corrected chi connectivity index (χ3v) is 8.41. The number of carboxylic acids is 1. The molecule has 0 saturated heterocycles. The van der Waals surface area contributed by atoms with E-state index in [4.69, 9.17) is 16.6 Å². The lowest BCUT2D eigenvalue weighted by Gasteiger charge is -2.50. The highest BCUT2D eigenvalue weighted by Crippen LogP contribution is 2.57. The number of halogens is 1. The van der Waals surface area contributed by atoms with Crippen molar-refractivity contribution in [2.45, 2.75) is 70.8 Å². The largest absolute Gasteiger partial charge is 0.476 e. The average Bonchev–Trinajstić information content (AvgIpc) is 2.88. The van der Waals surface area contributed by atoms with Crippen LogP contribution in [0.15, 0.2) is 29.2 Å². The van der Waals surface area contributed by atoms with E-state index in [2.05, 4.69) is 16.4 Å². The van der Waals surface area contributed by atoms with E-state index in [1.54, 1.807) is 16.7 Å². The van der Waals surface area contributed by atoms with E-state index >= 15 is 0 Å². The first kappa shape index (κ1) is 24.3. The number of fused-ring (bicyclic) bond motifs is 4. The number of nitrogens with one attached hydrogen (secondary N) is 1. The molecule has 0 radical (unpaired) electrons. The van der Waals surface area contributed by atoms with Crippen LogP contribution in [0.25, 0.3) is 5.65 Å². The molecular formula is C27H28ClN5O3. The van der Waals surface area contributed by atoms with Crippen LogP contribution in [0.3, 0.4) is 0 Å². The maximum Gasteiger partial charge on any atom is 0.356 e. The van der Waals surface area contributed by atoms with Crippen LogP contribution in [0.4, 0.5) is 5.69 Å². The summed E-state index contributed by atoms with van der Waals surface area (Å²) in [7, 11) is 0. The number of pyridine rings is 2. The van der Waals surface area contributed by atoms with Gasteiger partial charge in [-0.3, -0.25) is 9.20 Å². The highest BCUT2D eigenvalue weighted by Gasteiger charge is 2.51. The minimum atomic E-state index is -1.18. The predicted molar refractivity (Wildman–Crippen MR) is 137 cm³/mol. The topological polar surface area (TPSA) is 120 Å². The van der Waals surface area contributed by atoms with Gasteiger partial charge in [-0.2, -0.15) is 5.26 Å². The van der Waals surface area contributed by atoms with E-state index in [0.717, 1.165) is 55.3 Å².